The van der Waals surface area contributed by atoms with E-state index in [9.17, 15) is 13.2 Å². The van der Waals surface area contributed by atoms with Crippen LogP contribution in [-0.4, -0.2) is 27.3 Å². The molecule has 0 spiro atoms. The number of ether oxygens (including phenoxy) is 1. The van der Waals surface area contributed by atoms with Gasteiger partial charge in [0.05, 0.1) is 17.7 Å². The molecule has 23 heavy (non-hydrogen) atoms. The number of hydrogen-bond donors (Lipinski definition) is 2. The first-order valence-electron chi connectivity index (χ1n) is 6.59. The highest BCUT2D eigenvalue weighted by Gasteiger charge is 2.09. The SMILES string of the molecule is CCOC(=O)N/N=C\c1ccc(-c2ccc(S(N)(=O)=O)cc2)o1. The normalized spacial score (nSPS) is 11.6. The van der Waals surface area contributed by atoms with Crippen molar-refractivity contribution in [1.29, 1.82) is 0 Å². The Balaban J connectivity index is 2.07. The van der Waals surface area contributed by atoms with Gasteiger partial charge in [0, 0.05) is 5.56 Å². The molecule has 3 N–H and O–H groups in total. The van der Waals surface area contributed by atoms with Gasteiger partial charge in [0.2, 0.25) is 10.0 Å². The predicted octanol–water partition coefficient (Wildman–Crippen LogP) is 1.67. The highest BCUT2D eigenvalue weighted by atomic mass is 32.2. The standard InChI is InChI=1S/C14H15N3O5S/c1-2-21-14(18)17-16-9-11-5-8-13(22-11)10-3-6-12(7-4-10)23(15,19)20/h3-9H,2H2,1H3,(H,17,18)(H2,15,19,20)/b16-9-. The monoisotopic (exact) mass is 337 g/mol. The molecular formula is C14H15N3O5S. The predicted molar refractivity (Wildman–Crippen MR) is 83.3 cm³/mol. The Kier molecular flexibility index (Phi) is 5.14. The maximum absolute atomic E-state index is 11.2. The molecule has 2 rings (SSSR count). The maximum Gasteiger partial charge on any atom is 0.427 e. The summed E-state index contributed by atoms with van der Waals surface area (Å²) in [6, 6.07) is 9.29. The summed E-state index contributed by atoms with van der Waals surface area (Å²) in [7, 11) is -3.73. The second-order valence-electron chi connectivity index (χ2n) is 4.36. The molecule has 0 saturated carbocycles. The highest BCUT2D eigenvalue weighted by Crippen LogP contribution is 2.22. The van der Waals surface area contributed by atoms with Crippen LogP contribution in [0.25, 0.3) is 11.3 Å². The van der Waals surface area contributed by atoms with Crippen molar-refractivity contribution < 1.29 is 22.4 Å². The van der Waals surface area contributed by atoms with Crippen LogP contribution >= 0.6 is 0 Å². The number of carbonyl (C=O) groups excluding carboxylic acids is 1. The van der Waals surface area contributed by atoms with Gasteiger partial charge in [0.25, 0.3) is 0 Å². The van der Waals surface area contributed by atoms with Gasteiger partial charge in [-0.05, 0) is 43.3 Å². The van der Waals surface area contributed by atoms with Crippen LogP contribution in [0.15, 0.2) is 50.8 Å². The molecule has 1 heterocycles. The van der Waals surface area contributed by atoms with Gasteiger partial charge < -0.3 is 9.15 Å². The van der Waals surface area contributed by atoms with E-state index >= 15 is 0 Å². The third-order valence-corrected chi connectivity index (χ3v) is 3.65. The number of nitrogens with two attached hydrogens (primary N) is 1. The molecule has 2 aromatic rings. The molecule has 0 aliphatic carbocycles. The van der Waals surface area contributed by atoms with Crippen LogP contribution in [0.3, 0.4) is 0 Å². The minimum atomic E-state index is -3.73. The third-order valence-electron chi connectivity index (χ3n) is 2.72. The molecule has 0 unspecified atom stereocenters. The second kappa shape index (κ2) is 7.07. The molecule has 0 bridgehead atoms. The molecule has 0 atom stereocenters. The summed E-state index contributed by atoms with van der Waals surface area (Å²) in [5, 5.41) is 8.71. The summed E-state index contributed by atoms with van der Waals surface area (Å²) in [6.45, 7) is 1.93. The smallest absolute Gasteiger partial charge is 0.427 e. The summed E-state index contributed by atoms with van der Waals surface area (Å²) in [5.41, 5.74) is 2.85. The highest BCUT2D eigenvalue weighted by molar-refractivity contribution is 7.89. The Morgan fingerprint density at radius 1 is 1.30 bits per heavy atom. The molecule has 122 valence electrons. The Bertz CT molecular complexity index is 809. The van der Waals surface area contributed by atoms with Crippen LogP contribution in [0, 0.1) is 0 Å². The molecule has 0 aliphatic rings. The van der Waals surface area contributed by atoms with Crippen LogP contribution in [0.2, 0.25) is 0 Å². The lowest BCUT2D eigenvalue weighted by atomic mass is 10.2. The molecule has 0 aliphatic heterocycles. The maximum atomic E-state index is 11.2. The fourth-order valence-electron chi connectivity index (χ4n) is 1.70. The molecule has 8 nitrogen and oxygen atoms in total. The van der Waals surface area contributed by atoms with E-state index in [2.05, 4.69) is 15.3 Å². The molecule has 1 aromatic heterocycles. The summed E-state index contributed by atoms with van der Waals surface area (Å²) in [6.07, 6.45) is 0.660. The number of carbonyl (C=O) groups is 1. The van der Waals surface area contributed by atoms with E-state index in [1.165, 1.54) is 18.3 Å². The van der Waals surface area contributed by atoms with E-state index in [1.54, 1.807) is 31.2 Å². The van der Waals surface area contributed by atoms with Crippen LogP contribution in [0.4, 0.5) is 4.79 Å². The van der Waals surface area contributed by atoms with Crippen molar-refractivity contribution in [3.8, 4) is 11.3 Å². The summed E-state index contributed by atoms with van der Waals surface area (Å²) < 4.78 is 32.5. The van der Waals surface area contributed by atoms with E-state index < -0.39 is 16.1 Å². The quantitative estimate of drug-likeness (QED) is 0.634. The van der Waals surface area contributed by atoms with Crippen molar-refractivity contribution in [3.63, 3.8) is 0 Å². The van der Waals surface area contributed by atoms with Crippen molar-refractivity contribution in [2.75, 3.05) is 6.61 Å². The topological polar surface area (TPSA) is 124 Å². The number of primary sulfonamides is 1. The van der Waals surface area contributed by atoms with Crippen LogP contribution < -0.4 is 10.6 Å². The Morgan fingerprint density at radius 2 is 2.00 bits per heavy atom. The zero-order valence-electron chi connectivity index (χ0n) is 12.2. The summed E-state index contributed by atoms with van der Waals surface area (Å²) >= 11 is 0. The Labute approximate surface area is 133 Å². The van der Waals surface area contributed by atoms with Crippen molar-refractivity contribution in [2.24, 2.45) is 10.2 Å². The van der Waals surface area contributed by atoms with Gasteiger partial charge in [0.15, 0.2) is 0 Å². The number of sulfonamides is 1. The minimum absolute atomic E-state index is 0.0215. The first-order valence-corrected chi connectivity index (χ1v) is 8.13. The molecule has 9 heteroatoms. The molecule has 0 saturated heterocycles. The first-order chi connectivity index (χ1) is 10.9. The van der Waals surface area contributed by atoms with E-state index in [4.69, 9.17) is 9.56 Å². The fourth-order valence-corrected chi connectivity index (χ4v) is 2.21. The number of furan rings is 1. The van der Waals surface area contributed by atoms with E-state index in [-0.39, 0.29) is 11.5 Å². The lowest BCUT2D eigenvalue weighted by molar-refractivity contribution is 0.152. The zero-order valence-corrected chi connectivity index (χ0v) is 13.0. The summed E-state index contributed by atoms with van der Waals surface area (Å²) in [4.78, 5) is 11.1. The van der Waals surface area contributed by atoms with E-state index in [0.29, 0.717) is 17.1 Å². The van der Waals surface area contributed by atoms with Gasteiger partial charge in [-0.1, -0.05) is 0 Å². The minimum Gasteiger partial charge on any atom is -0.455 e. The number of benzene rings is 1. The summed E-state index contributed by atoms with van der Waals surface area (Å²) in [5.74, 6) is 0.927. The van der Waals surface area contributed by atoms with E-state index in [0.717, 1.165) is 0 Å². The number of rotatable bonds is 5. The fraction of sp³-hybridized carbons (Fsp3) is 0.143. The number of nitrogens with one attached hydrogen (secondary N) is 1. The van der Waals surface area contributed by atoms with E-state index in [1.807, 2.05) is 0 Å². The number of hydrazone groups is 1. The van der Waals surface area contributed by atoms with Crippen LogP contribution in [0.1, 0.15) is 12.7 Å². The Morgan fingerprint density at radius 3 is 2.61 bits per heavy atom. The molecule has 1 aromatic carbocycles. The van der Waals surface area contributed by atoms with Crippen molar-refractivity contribution in [1.82, 2.24) is 5.43 Å². The van der Waals surface area contributed by atoms with Crippen molar-refractivity contribution in [3.05, 3.63) is 42.2 Å². The number of amides is 1. The molecule has 1 amide bonds. The number of nitrogens with zero attached hydrogens (tertiary/aromatic N) is 1. The molecule has 0 fully saturated rings. The second-order valence-corrected chi connectivity index (χ2v) is 5.92. The van der Waals surface area contributed by atoms with Gasteiger partial charge in [0.1, 0.15) is 11.5 Å². The lowest BCUT2D eigenvalue weighted by Crippen LogP contribution is -2.18. The Hall–Kier alpha value is -2.65. The van der Waals surface area contributed by atoms with Gasteiger partial charge in [-0.15, -0.1) is 0 Å². The molecular weight excluding hydrogens is 322 g/mol. The average molecular weight is 337 g/mol. The first kappa shape index (κ1) is 16.7. The molecule has 0 radical (unpaired) electrons. The van der Waals surface area contributed by atoms with Gasteiger partial charge in [-0.3, -0.25) is 0 Å². The van der Waals surface area contributed by atoms with Crippen LogP contribution in [-0.2, 0) is 14.8 Å². The van der Waals surface area contributed by atoms with Gasteiger partial charge >= 0.3 is 6.09 Å². The van der Waals surface area contributed by atoms with Crippen molar-refractivity contribution >= 4 is 22.3 Å². The van der Waals surface area contributed by atoms with Crippen LogP contribution in [0.5, 0.6) is 0 Å². The largest absolute Gasteiger partial charge is 0.455 e. The van der Waals surface area contributed by atoms with Gasteiger partial charge in [-0.2, -0.15) is 5.10 Å². The van der Waals surface area contributed by atoms with Gasteiger partial charge in [-0.25, -0.2) is 23.8 Å². The zero-order chi connectivity index (χ0) is 16.9. The lowest BCUT2D eigenvalue weighted by Gasteiger charge is -2.00. The third kappa shape index (κ3) is 4.66. The van der Waals surface area contributed by atoms with Crippen molar-refractivity contribution in [2.45, 2.75) is 11.8 Å². The average Bonchev–Trinajstić information content (AvgIpc) is 2.96. The number of hydrogen-bond acceptors (Lipinski definition) is 6.